The number of aliphatic hydroxyl groups excluding tert-OH is 1. The minimum Gasteiger partial charge on any atom is -0.463 e. The quantitative estimate of drug-likeness (QED) is 0.133. The van der Waals surface area contributed by atoms with Gasteiger partial charge < -0.3 is 52.5 Å². The largest absolute Gasteiger partial charge is 0.463 e. The highest BCUT2D eigenvalue weighted by Gasteiger charge is 2.71. The van der Waals surface area contributed by atoms with Crippen LogP contribution < -0.4 is 0 Å². The van der Waals surface area contributed by atoms with Crippen LogP contribution in [-0.4, -0.2) is 110 Å². The fraction of sp³-hybridized carbons (Fsp3) is 0.825. The molecular formula is C57H84O15. The Bertz CT molecular complexity index is 2170. The van der Waals surface area contributed by atoms with Crippen LogP contribution in [0.4, 0.5) is 0 Å². The van der Waals surface area contributed by atoms with Gasteiger partial charge in [0.05, 0.1) is 12.7 Å². The first kappa shape index (κ1) is 53.6. The third kappa shape index (κ3) is 9.47. The van der Waals surface area contributed by atoms with Crippen molar-refractivity contribution in [2.24, 2.45) is 56.2 Å². The van der Waals surface area contributed by atoms with Crippen LogP contribution in [0, 0.1) is 56.2 Å². The molecule has 3 saturated heterocycles. The second-order valence-electron chi connectivity index (χ2n) is 25.5. The molecular weight excluding hydrogens is 925 g/mol. The summed E-state index contributed by atoms with van der Waals surface area (Å²) in [5, 5.41) is 12.6. The zero-order chi connectivity index (χ0) is 51.9. The van der Waals surface area contributed by atoms with Gasteiger partial charge in [-0.1, -0.05) is 85.7 Å². The Balaban J connectivity index is 1.01. The van der Waals surface area contributed by atoms with E-state index in [0.29, 0.717) is 22.7 Å². The van der Waals surface area contributed by atoms with Crippen molar-refractivity contribution in [1.29, 1.82) is 0 Å². The van der Waals surface area contributed by atoms with Crippen molar-refractivity contribution in [3.8, 4) is 0 Å². The highest BCUT2D eigenvalue weighted by Crippen LogP contribution is 2.78. The summed E-state index contributed by atoms with van der Waals surface area (Å²) in [6, 6.07) is 9.39. The van der Waals surface area contributed by atoms with Gasteiger partial charge in [0, 0.05) is 33.3 Å². The van der Waals surface area contributed by atoms with Gasteiger partial charge in [0.25, 0.3) is 0 Å². The molecule has 0 aromatic heterocycles. The average Bonchev–Trinajstić information content (AvgIpc) is 3.31. The van der Waals surface area contributed by atoms with Crippen molar-refractivity contribution in [1.82, 2.24) is 0 Å². The minimum atomic E-state index is -1.60. The Morgan fingerprint density at radius 1 is 0.625 bits per heavy atom. The first-order valence-electron chi connectivity index (χ1n) is 27.1. The Morgan fingerprint density at radius 3 is 1.93 bits per heavy atom. The summed E-state index contributed by atoms with van der Waals surface area (Å²) in [5.74, 6) is -1.03. The average molecular weight is 1010 g/mol. The number of carbonyl (C=O) groups is 4. The smallest absolute Gasteiger partial charge is 0.303 e. The normalized spacial score (nSPS) is 47.4. The lowest BCUT2D eigenvalue weighted by molar-refractivity contribution is -0.400. The maximum absolute atomic E-state index is 12.9. The number of ether oxygens (including phenoxy) is 10. The summed E-state index contributed by atoms with van der Waals surface area (Å²) in [4.78, 5) is 50.3. The third-order valence-electron chi connectivity index (χ3n) is 20.8. The van der Waals surface area contributed by atoms with Crippen LogP contribution in [-0.2, 0) is 66.5 Å². The standard InChI is InChI=1S/C57H84O15/c1-31-37(18-19-40-54(31,9)21-20-41-55(40,10)25-27-57(12)42-28-52(6,7)22-23-53(42,8)24-26-56(41,57)11)68-50-46(43(62)44-38(69-50)30-64-49(71-44)36-16-14-13-15-17-36)72-51-48(67-35(5)61)47(66-34(4)60)45(65-33(3)59)39(70-51)29-63-32(2)58/h13-17,31,37-51,62H,18-30H2,1-12H3/t31-,37-,38+,39+,40+,41-,42+,43-,44+,45-,46+,47-,48+,49+,50+,51-,53+,54+,55-,56+,57-/m0/s1. The maximum Gasteiger partial charge on any atom is 0.303 e. The summed E-state index contributed by atoms with van der Waals surface area (Å²) >= 11 is 0. The molecule has 72 heavy (non-hydrogen) atoms. The molecule has 3 aliphatic heterocycles. The van der Waals surface area contributed by atoms with Gasteiger partial charge >= 0.3 is 23.9 Å². The predicted octanol–water partition coefficient (Wildman–Crippen LogP) is 8.94. The molecule has 0 bridgehead atoms. The Labute approximate surface area is 427 Å². The van der Waals surface area contributed by atoms with Gasteiger partial charge in [-0.25, -0.2) is 0 Å². The van der Waals surface area contributed by atoms with E-state index in [1.54, 1.807) is 0 Å². The number of hydrogen-bond donors (Lipinski definition) is 1. The molecule has 15 nitrogen and oxygen atoms in total. The molecule has 8 fully saturated rings. The van der Waals surface area contributed by atoms with E-state index in [0.717, 1.165) is 44.6 Å². The molecule has 0 spiro atoms. The molecule has 0 amide bonds. The minimum absolute atomic E-state index is 0.0553. The van der Waals surface area contributed by atoms with Crippen LogP contribution in [0.5, 0.6) is 0 Å². The lowest BCUT2D eigenvalue weighted by atomic mass is 9.30. The van der Waals surface area contributed by atoms with Gasteiger partial charge in [-0.2, -0.15) is 0 Å². The first-order chi connectivity index (χ1) is 33.8. The molecule has 8 aliphatic rings. The molecule has 0 unspecified atom stereocenters. The van der Waals surface area contributed by atoms with Crippen LogP contribution in [0.1, 0.15) is 166 Å². The maximum atomic E-state index is 12.9. The van der Waals surface area contributed by atoms with Crippen molar-refractivity contribution < 1.29 is 71.7 Å². The molecule has 3 heterocycles. The Hall–Kier alpha value is -3.18. The summed E-state index contributed by atoms with van der Waals surface area (Å²) in [6.45, 7) is 24.8. The zero-order valence-corrected chi connectivity index (χ0v) is 45.0. The third-order valence-corrected chi connectivity index (χ3v) is 20.8. The topological polar surface area (TPSA) is 181 Å². The van der Waals surface area contributed by atoms with Crippen molar-refractivity contribution in [2.75, 3.05) is 13.2 Å². The van der Waals surface area contributed by atoms with Gasteiger partial charge in [0.1, 0.15) is 37.1 Å². The van der Waals surface area contributed by atoms with E-state index in [2.05, 4.69) is 55.4 Å². The highest BCUT2D eigenvalue weighted by atomic mass is 16.8. The van der Waals surface area contributed by atoms with Crippen molar-refractivity contribution in [2.45, 2.75) is 228 Å². The monoisotopic (exact) mass is 1010 g/mol. The van der Waals surface area contributed by atoms with Crippen LogP contribution in [0.15, 0.2) is 30.3 Å². The Morgan fingerprint density at radius 2 is 1.25 bits per heavy atom. The predicted molar refractivity (Wildman–Crippen MR) is 261 cm³/mol. The number of hydrogen-bond acceptors (Lipinski definition) is 15. The summed E-state index contributed by atoms with van der Waals surface area (Å²) in [6.07, 6.45) is -1.01. The molecule has 5 aliphatic carbocycles. The molecule has 1 aromatic carbocycles. The summed E-state index contributed by atoms with van der Waals surface area (Å²) < 4.78 is 62.5. The highest BCUT2D eigenvalue weighted by molar-refractivity contribution is 5.68. The van der Waals surface area contributed by atoms with Crippen molar-refractivity contribution in [3.05, 3.63) is 35.9 Å². The zero-order valence-electron chi connectivity index (χ0n) is 45.0. The van der Waals surface area contributed by atoms with Gasteiger partial charge in [0.15, 0.2) is 37.2 Å². The van der Waals surface area contributed by atoms with Crippen molar-refractivity contribution >= 4 is 23.9 Å². The van der Waals surface area contributed by atoms with E-state index in [9.17, 15) is 24.3 Å². The number of esters is 4. The molecule has 402 valence electrons. The van der Waals surface area contributed by atoms with Crippen LogP contribution in [0.25, 0.3) is 0 Å². The van der Waals surface area contributed by atoms with E-state index < -0.39 is 98.2 Å². The molecule has 15 heteroatoms. The van der Waals surface area contributed by atoms with E-state index in [1.165, 1.54) is 65.2 Å². The fourth-order valence-electron chi connectivity index (χ4n) is 16.8. The molecule has 1 N–H and O–H groups in total. The summed E-state index contributed by atoms with van der Waals surface area (Å²) in [5.41, 5.74) is 2.18. The number of aliphatic hydroxyl groups is 1. The van der Waals surface area contributed by atoms with E-state index in [1.807, 2.05) is 30.3 Å². The molecule has 5 saturated carbocycles. The second kappa shape index (κ2) is 19.8. The van der Waals surface area contributed by atoms with Crippen molar-refractivity contribution in [3.63, 3.8) is 0 Å². The fourth-order valence-corrected chi connectivity index (χ4v) is 16.8. The SMILES string of the molecule is CC(=O)OC[C@H]1O[C@@H](O[C@H]2[C@H](O[C@H]3CC[C@@H]4[C@](C)(CC[C@H]5[C@@]4(C)CC[C@@]4(C)[C@@H]6CC(C)(C)CC[C@]6(C)CC[C@]54C)[C@H]3C)O[C@@H]3CO[C@@H](c4ccccc4)O[C@H]3[C@@H]2O)[C@H](OC(C)=O)[C@@H](OC(C)=O)[C@H]1OC(C)=O. The summed E-state index contributed by atoms with van der Waals surface area (Å²) in [7, 11) is 0. The lowest BCUT2D eigenvalue weighted by Crippen LogP contribution is -2.68. The number of rotatable bonds is 10. The number of carbonyl (C=O) groups excluding carboxylic acids is 4. The molecule has 0 radical (unpaired) electrons. The van der Waals surface area contributed by atoms with Crippen LogP contribution >= 0.6 is 0 Å². The molecule has 1 aromatic rings. The van der Waals surface area contributed by atoms with Crippen LogP contribution in [0.2, 0.25) is 0 Å². The first-order valence-corrected chi connectivity index (χ1v) is 27.1. The van der Waals surface area contributed by atoms with Gasteiger partial charge in [-0.15, -0.1) is 0 Å². The Kier molecular flexibility index (Phi) is 14.7. The van der Waals surface area contributed by atoms with E-state index in [-0.39, 0.29) is 40.3 Å². The number of fused-ring (bicyclic) bond motifs is 8. The lowest BCUT2D eigenvalue weighted by Gasteiger charge is -2.75. The van der Waals surface area contributed by atoms with Gasteiger partial charge in [-0.3, -0.25) is 19.2 Å². The second-order valence-corrected chi connectivity index (χ2v) is 25.5. The van der Waals surface area contributed by atoms with Crippen LogP contribution in [0.3, 0.4) is 0 Å². The van der Waals surface area contributed by atoms with E-state index >= 15 is 0 Å². The molecule has 21 atom stereocenters. The van der Waals surface area contributed by atoms with E-state index in [4.69, 9.17) is 47.4 Å². The van der Waals surface area contributed by atoms with Gasteiger partial charge in [0.2, 0.25) is 0 Å². The molecule has 9 rings (SSSR count). The van der Waals surface area contributed by atoms with Gasteiger partial charge in [-0.05, 0) is 127 Å². The number of benzene rings is 1.